The van der Waals surface area contributed by atoms with Gasteiger partial charge in [0.25, 0.3) is 0 Å². The van der Waals surface area contributed by atoms with E-state index < -0.39 is 0 Å². The van der Waals surface area contributed by atoms with E-state index in [1.807, 2.05) is 58.9 Å². The topological polar surface area (TPSA) is 12.0 Å². The van der Waals surface area contributed by atoms with Gasteiger partial charge >= 0.3 is 0 Å². The number of benzene rings is 1. The Morgan fingerprint density at radius 3 is 1.96 bits per heavy atom. The number of nitrogens with one attached hydrogen (secondary N) is 1. The summed E-state index contributed by atoms with van der Waals surface area (Å²) in [6.45, 7) is 20.0. The number of hydrogen-bond donors (Lipinski definition) is 1. The summed E-state index contributed by atoms with van der Waals surface area (Å²) in [6, 6.07) is 9.33. The van der Waals surface area contributed by atoms with Crippen LogP contribution in [0, 0.1) is 0 Å². The van der Waals surface area contributed by atoms with Crippen molar-refractivity contribution in [3.8, 4) is 0 Å². The molecule has 0 heterocycles. The second kappa shape index (κ2) is 25.0. The van der Waals surface area contributed by atoms with E-state index >= 15 is 0 Å². The van der Waals surface area contributed by atoms with Crippen LogP contribution >= 0.6 is 11.9 Å². The van der Waals surface area contributed by atoms with Gasteiger partial charge in [-0.3, -0.25) is 4.72 Å². The lowest BCUT2D eigenvalue weighted by Gasteiger charge is -2.07. The third kappa shape index (κ3) is 22.8. The van der Waals surface area contributed by atoms with Crippen LogP contribution < -0.4 is 4.72 Å². The Labute approximate surface area is 162 Å². The Bertz CT molecular complexity index is 416. The van der Waals surface area contributed by atoms with Crippen molar-refractivity contribution in [2.75, 3.05) is 0 Å². The van der Waals surface area contributed by atoms with Crippen LogP contribution in [-0.4, -0.2) is 6.04 Å². The van der Waals surface area contributed by atoms with E-state index in [9.17, 15) is 0 Å². The minimum absolute atomic E-state index is 0.523. The van der Waals surface area contributed by atoms with Crippen molar-refractivity contribution < 1.29 is 0 Å². The molecule has 0 saturated heterocycles. The zero-order valence-corrected chi connectivity index (χ0v) is 18.6. The first-order chi connectivity index (χ1) is 12.1. The van der Waals surface area contributed by atoms with Crippen LogP contribution in [-0.2, 0) is 6.42 Å². The second-order valence-electron chi connectivity index (χ2n) is 4.91. The van der Waals surface area contributed by atoms with Gasteiger partial charge in [0.2, 0.25) is 0 Å². The summed E-state index contributed by atoms with van der Waals surface area (Å²) in [5, 5.41) is 0. The first kappa shape index (κ1) is 28.5. The lowest BCUT2D eigenvalue weighted by molar-refractivity contribution is 0.771. The predicted molar refractivity (Wildman–Crippen MR) is 121 cm³/mol. The Kier molecular flexibility index (Phi) is 28.5. The highest BCUT2D eigenvalue weighted by atomic mass is 32.2. The second-order valence-corrected chi connectivity index (χ2v) is 5.83. The molecule has 0 radical (unpaired) electrons. The normalized spacial score (nSPS) is 9.64. The zero-order valence-electron chi connectivity index (χ0n) is 17.8. The van der Waals surface area contributed by atoms with Crippen LogP contribution in [0.4, 0.5) is 0 Å². The van der Waals surface area contributed by atoms with E-state index in [1.54, 1.807) is 18.0 Å². The molecule has 1 aromatic carbocycles. The van der Waals surface area contributed by atoms with E-state index in [0.29, 0.717) is 6.04 Å². The summed E-state index contributed by atoms with van der Waals surface area (Å²) < 4.78 is 3.33. The first-order valence-corrected chi connectivity index (χ1v) is 10.4. The Hall–Kier alpha value is -1.25. The standard InChI is InChI=1S/C12H19NS.C7H10.2C2H6/c1-4-5-11-6-8-12(9-7-11)14-13-10(2)3;1-3-5-7-6-4-2;2*1-2/h6-10,13H,4-5H2,1-3H3;3-7H,1H2,2H3;2*1-2H3/b;6-4-,7-5-;;. The minimum Gasteiger partial charge on any atom is -0.257 e. The highest BCUT2D eigenvalue weighted by Gasteiger charge is 1.96. The van der Waals surface area contributed by atoms with Crippen molar-refractivity contribution in [3.63, 3.8) is 0 Å². The van der Waals surface area contributed by atoms with Crippen LogP contribution in [0.2, 0.25) is 0 Å². The number of aryl methyl sites for hydroxylation is 1. The Balaban J connectivity index is -0.000000372. The van der Waals surface area contributed by atoms with Gasteiger partial charge in [-0.1, -0.05) is 90.1 Å². The van der Waals surface area contributed by atoms with Crippen LogP contribution in [0.5, 0.6) is 0 Å². The molecular formula is C23H41NS. The fourth-order valence-corrected chi connectivity index (χ4v) is 2.10. The molecule has 0 fully saturated rings. The molecule has 0 bridgehead atoms. The van der Waals surface area contributed by atoms with Gasteiger partial charge in [0.1, 0.15) is 0 Å². The quantitative estimate of drug-likeness (QED) is 0.389. The van der Waals surface area contributed by atoms with Gasteiger partial charge in [-0.25, -0.2) is 0 Å². The lowest BCUT2D eigenvalue weighted by Crippen LogP contribution is -2.13. The molecule has 25 heavy (non-hydrogen) atoms. The Morgan fingerprint density at radius 2 is 1.56 bits per heavy atom. The van der Waals surface area contributed by atoms with Crippen molar-refractivity contribution in [2.24, 2.45) is 0 Å². The summed E-state index contributed by atoms with van der Waals surface area (Å²) in [4.78, 5) is 1.29. The first-order valence-electron chi connectivity index (χ1n) is 9.55. The van der Waals surface area contributed by atoms with E-state index in [0.717, 1.165) is 0 Å². The molecule has 0 aliphatic carbocycles. The average molecular weight is 364 g/mol. The maximum absolute atomic E-state index is 3.51. The molecular weight excluding hydrogens is 322 g/mol. The van der Waals surface area contributed by atoms with E-state index in [4.69, 9.17) is 0 Å². The molecule has 0 spiro atoms. The van der Waals surface area contributed by atoms with Crippen molar-refractivity contribution in [1.29, 1.82) is 0 Å². The molecule has 0 saturated carbocycles. The van der Waals surface area contributed by atoms with Crippen molar-refractivity contribution in [2.45, 2.75) is 79.2 Å². The number of hydrogen-bond acceptors (Lipinski definition) is 2. The maximum atomic E-state index is 3.51. The molecule has 1 aromatic rings. The van der Waals surface area contributed by atoms with E-state index in [-0.39, 0.29) is 0 Å². The van der Waals surface area contributed by atoms with Crippen molar-refractivity contribution in [1.82, 2.24) is 4.72 Å². The summed E-state index contributed by atoms with van der Waals surface area (Å²) in [5.41, 5.74) is 1.43. The average Bonchev–Trinajstić information content (AvgIpc) is 2.66. The fourth-order valence-electron chi connectivity index (χ4n) is 1.45. The molecule has 0 atom stereocenters. The smallest absolute Gasteiger partial charge is 0.0228 e. The molecule has 144 valence electrons. The molecule has 2 heteroatoms. The van der Waals surface area contributed by atoms with Gasteiger partial charge in [-0.15, -0.1) is 0 Å². The summed E-state index contributed by atoms with van der Waals surface area (Å²) in [5.74, 6) is 0. The molecule has 0 aliphatic heterocycles. The van der Waals surface area contributed by atoms with Gasteiger partial charge in [0, 0.05) is 10.9 Å². The Morgan fingerprint density at radius 1 is 1.00 bits per heavy atom. The molecule has 1 nitrogen and oxygen atoms in total. The zero-order chi connectivity index (χ0) is 19.9. The number of allylic oxidation sites excluding steroid dienone is 5. The number of rotatable bonds is 7. The van der Waals surface area contributed by atoms with Crippen LogP contribution in [0.1, 0.15) is 67.4 Å². The van der Waals surface area contributed by atoms with Gasteiger partial charge in [0.15, 0.2) is 0 Å². The molecule has 0 amide bonds. The van der Waals surface area contributed by atoms with E-state index in [1.165, 1.54) is 23.3 Å². The van der Waals surface area contributed by atoms with Gasteiger partial charge in [-0.05, 0) is 56.8 Å². The van der Waals surface area contributed by atoms with Gasteiger partial charge < -0.3 is 0 Å². The SMILES string of the molecule is C=C/C=C\C=C/C.CC.CC.CCCc1ccc(SNC(C)C)cc1. The van der Waals surface area contributed by atoms with Crippen LogP contribution in [0.15, 0.2) is 66.1 Å². The molecule has 0 unspecified atom stereocenters. The largest absolute Gasteiger partial charge is 0.257 e. The predicted octanol–water partition coefficient (Wildman–Crippen LogP) is 8.00. The summed E-state index contributed by atoms with van der Waals surface area (Å²) in [6.07, 6.45) is 11.9. The van der Waals surface area contributed by atoms with Crippen LogP contribution in [0.3, 0.4) is 0 Å². The van der Waals surface area contributed by atoms with Crippen molar-refractivity contribution in [3.05, 3.63) is 66.8 Å². The fraction of sp³-hybridized carbons (Fsp3) is 0.478. The minimum atomic E-state index is 0.523. The molecule has 0 aromatic heterocycles. The molecule has 1 N–H and O–H groups in total. The summed E-state index contributed by atoms with van der Waals surface area (Å²) in [7, 11) is 0. The molecule has 0 aliphatic rings. The van der Waals surface area contributed by atoms with Gasteiger partial charge in [-0.2, -0.15) is 0 Å². The third-order valence-corrected chi connectivity index (χ3v) is 3.52. The van der Waals surface area contributed by atoms with Gasteiger partial charge in [0.05, 0.1) is 0 Å². The van der Waals surface area contributed by atoms with E-state index in [2.05, 4.69) is 56.3 Å². The van der Waals surface area contributed by atoms with Crippen molar-refractivity contribution >= 4 is 11.9 Å². The highest BCUT2D eigenvalue weighted by Crippen LogP contribution is 2.16. The summed E-state index contributed by atoms with van der Waals surface area (Å²) >= 11 is 1.71. The third-order valence-electron chi connectivity index (χ3n) is 2.43. The molecule has 1 rings (SSSR count). The highest BCUT2D eigenvalue weighted by molar-refractivity contribution is 7.97. The monoisotopic (exact) mass is 363 g/mol. The maximum Gasteiger partial charge on any atom is 0.0228 e. The van der Waals surface area contributed by atoms with Crippen LogP contribution in [0.25, 0.3) is 0 Å². The lowest BCUT2D eigenvalue weighted by atomic mass is 10.1.